The van der Waals surface area contributed by atoms with Gasteiger partial charge in [0, 0.05) is 24.6 Å². The van der Waals surface area contributed by atoms with Crippen LogP contribution in [-0.2, 0) is 0 Å². The number of hydrogen-bond donors (Lipinski definition) is 2. The Hall–Kier alpha value is -2.60. The number of anilines is 3. The number of hydrogen-bond acceptors (Lipinski definition) is 5. The molecule has 1 aromatic carbocycles. The number of nitrogens with two attached hydrogens (primary N) is 1. The van der Waals surface area contributed by atoms with Crippen LogP contribution in [0.5, 0.6) is 0 Å². The molecular weight excluding hydrogens is 264 g/mol. The van der Waals surface area contributed by atoms with Crippen molar-refractivity contribution in [2.24, 2.45) is 5.84 Å². The molecule has 0 saturated heterocycles. The molecule has 0 aliphatic carbocycles. The monoisotopic (exact) mass is 282 g/mol. The molecule has 108 valence electrons. The van der Waals surface area contributed by atoms with Crippen LogP contribution in [0.3, 0.4) is 0 Å². The number of nitrogens with zero attached hydrogens (tertiary/aromatic N) is 4. The quantitative estimate of drug-likeness (QED) is 0.568. The van der Waals surface area contributed by atoms with Gasteiger partial charge < -0.3 is 14.7 Å². The van der Waals surface area contributed by atoms with Crippen molar-refractivity contribution >= 4 is 23.0 Å². The van der Waals surface area contributed by atoms with Crippen molar-refractivity contribution in [1.82, 2.24) is 14.4 Å². The molecule has 0 unspecified atom stereocenters. The Kier molecular flexibility index (Phi) is 3.45. The lowest BCUT2D eigenvalue weighted by atomic mass is 10.2. The third kappa shape index (κ3) is 2.30. The van der Waals surface area contributed by atoms with Crippen LogP contribution >= 0.6 is 0 Å². The number of para-hydroxylation sites is 1. The van der Waals surface area contributed by atoms with Crippen molar-refractivity contribution in [1.29, 1.82) is 0 Å². The topological polar surface area (TPSA) is 71.5 Å². The average Bonchev–Trinajstić information content (AvgIpc) is 2.98. The van der Waals surface area contributed by atoms with Gasteiger partial charge in [0.2, 0.25) is 0 Å². The second kappa shape index (κ2) is 5.41. The molecule has 3 aromatic rings. The number of benzene rings is 1. The first-order chi connectivity index (χ1) is 10.2. The van der Waals surface area contributed by atoms with E-state index < -0.39 is 0 Å². The van der Waals surface area contributed by atoms with Crippen LogP contribution in [0.15, 0.2) is 42.9 Å². The standard InChI is InChI=1S/C15H18N6/c1-3-21(12-7-5-4-6-11(12)2)15-14-17-8-9-20(14)10-13(18-15)19-16/h4-10,19H,3,16H2,1-2H3. The maximum Gasteiger partial charge on any atom is 0.180 e. The van der Waals surface area contributed by atoms with E-state index in [4.69, 9.17) is 5.84 Å². The Morgan fingerprint density at radius 3 is 2.86 bits per heavy atom. The van der Waals surface area contributed by atoms with E-state index in [1.54, 1.807) is 6.20 Å². The Labute approximate surface area is 123 Å². The van der Waals surface area contributed by atoms with Gasteiger partial charge in [-0.25, -0.2) is 15.8 Å². The van der Waals surface area contributed by atoms with Crippen LogP contribution in [0.4, 0.5) is 17.3 Å². The summed E-state index contributed by atoms with van der Waals surface area (Å²) in [4.78, 5) is 11.1. The number of imidazole rings is 1. The molecule has 6 heteroatoms. The number of rotatable bonds is 4. The minimum atomic E-state index is 0.600. The highest BCUT2D eigenvalue weighted by atomic mass is 15.3. The number of aromatic nitrogens is 3. The van der Waals surface area contributed by atoms with Crippen LogP contribution in [0.25, 0.3) is 5.65 Å². The van der Waals surface area contributed by atoms with Gasteiger partial charge in [-0.1, -0.05) is 18.2 Å². The Morgan fingerprint density at radius 2 is 2.14 bits per heavy atom. The highest BCUT2D eigenvalue weighted by Gasteiger charge is 2.16. The fourth-order valence-corrected chi connectivity index (χ4v) is 2.47. The molecular formula is C15H18N6. The van der Waals surface area contributed by atoms with Crippen molar-refractivity contribution in [2.45, 2.75) is 13.8 Å². The van der Waals surface area contributed by atoms with E-state index in [-0.39, 0.29) is 0 Å². The summed E-state index contributed by atoms with van der Waals surface area (Å²) in [6.07, 6.45) is 5.46. The lowest BCUT2D eigenvalue weighted by Gasteiger charge is -2.24. The largest absolute Gasteiger partial charge is 0.323 e. The van der Waals surface area contributed by atoms with Crippen molar-refractivity contribution in [3.05, 3.63) is 48.4 Å². The summed E-state index contributed by atoms with van der Waals surface area (Å²) in [5.74, 6) is 6.91. The van der Waals surface area contributed by atoms with Gasteiger partial charge in [0.15, 0.2) is 17.3 Å². The van der Waals surface area contributed by atoms with Gasteiger partial charge in [0.05, 0.1) is 6.20 Å². The Morgan fingerprint density at radius 1 is 1.33 bits per heavy atom. The molecule has 0 bridgehead atoms. The summed E-state index contributed by atoms with van der Waals surface area (Å²) >= 11 is 0. The summed E-state index contributed by atoms with van der Waals surface area (Å²) in [7, 11) is 0. The van der Waals surface area contributed by atoms with Crippen LogP contribution in [0.1, 0.15) is 12.5 Å². The molecule has 21 heavy (non-hydrogen) atoms. The summed E-state index contributed by atoms with van der Waals surface area (Å²) < 4.78 is 1.92. The van der Waals surface area contributed by atoms with Gasteiger partial charge in [0.25, 0.3) is 0 Å². The molecule has 6 nitrogen and oxygen atoms in total. The normalized spacial score (nSPS) is 10.8. The summed E-state index contributed by atoms with van der Waals surface area (Å²) in [6.45, 7) is 4.97. The molecule has 0 atom stereocenters. The zero-order chi connectivity index (χ0) is 14.8. The number of nitrogen functional groups attached to an aromatic ring is 1. The van der Waals surface area contributed by atoms with E-state index >= 15 is 0 Å². The fraction of sp³-hybridized carbons (Fsp3) is 0.200. The SMILES string of the molecule is CCN(c1ccccc1C)c1nc(NN)cn2ccnc12. The molecule has 0 spiro atoms. The average molecular weight is 282 g/mol. The zero-order valence-electron chi connectivity index (χ0n) is 12.1. The maximum absolute atomic E-state index is 5.52. The van der Waals surface area contributed by atoms with Crippen molar-refractivity contribution < 1.29 is 0 Å². The van der Waals surface area contributed by atoms with Crippen molar-refractivity contribution in [3.8, 4) is 0 Å². The predicted octanol–water partition coefficient (Wildman–Crippen LogP) is 2.48. The molecule has 0 saturated carbocycles. The first kappa shape index (κ1) is 13.4. The highest BCUT2D eigenvalue weighted by molar-refractivity contribution is 5.75. The van der Waals surface area contributed by atoms with Crippen molar-refractivity contribution in [3.63, 3.8) is 0 Å². The van der Waals surface area contributed by atoms with Gasteiger partial charge in [0.1, 0.15) is 0 Å². The Bertz CT molecular complexity index is 764. The highest BCUT2D eigenvalue weighted by Crippen LogP contribution is 2.29. The minimum absolute atomic E-state index is 0.600. The smallest absolute Gasteiger partial charge is 0.180 e. The summed E-state index contributed by atoms with van der Waals surface area (Å²) in [6, 6.07) is 8.23. The first-order valence-corrected chi connectivity index (χ1v) is 6.88. The van der Waals surface area contributed by atoms with Crippen LogP contribution in [0, 0.1) is 6.92 Å². The molecule has 0 aliphatic heterocycles. The van der Waals surface area contributed by atoms with Gasteiger partial charge in [-0.2, -0.15) is 0 Å². The minimum Gasteiger partial charge on any atom is -0.323 e. The maximum atomic E-state index is 5.52. The third-order valence-electron chi connectivity index (χ3n) is 3.48. The van der Waals surface area contributed by atoms with Crippen LogP contribution in [0.2, 0.25) is 0 Å². The van der Waals surface area contributed by atoms with Gasteiger partial charge in [-0.3, -0.25) is 0 Å². The van der Waals surface area contributed by atoms with Gasteiger partial charge >= 0.3 is 0 Å². The molecule has 2 aromatic heterocycles. The molecule has 0 radical (unpaired) electrons. The number of nitrogens with one attached hydrogen (secondary N) is 1. The van der Waals surface area contributed by atoms with E-state index in [2.05, 4.69) is 46.3 Å². The third-order valence-corrected chi connectivity index (χ3v) is 3.48. The number of aryl methyl sites for hydroxylation is 1. The molecule has 3 rings (SSSR count). The lowest BCUT2D eigenvalue weighted by molar-refractivity contribution is 0.967. The van der Waals surface area contributed by atoms with E-state index in [0.717, 1.165) is 23.7 Å². The second-order valence-electron chi connectivity index (χ2n) is 4.78. The molecule has 0 fully saturated rings. The lowest BCUT2D eigenvalue weighted by Crippen LogP contribution is -2.21. The van der Waals surface area contributed by atoms with Crippen molar-refractivity contribution in [2.75, 3.05) is 16.9 Å². The van der Waals surface area contributed by atoms with E-state index in [9.17, 15) is 0 Å². The zero-order valence-corrected chi connectivity index (χ0v) is 12.1. The molecule has 0 amide bonds. The molecule has 0 aliphatic rings. The number of hydrazine groups is 1. The fourth-order valence-electron chi connectivity index (χ4n) is 2.47. The van der Waals surface area contributed by atoms with E-state index in [0.29, 0.717) is 5.82 Å². The van der Waals surface area contributed by atoms with E-state index in [1.165, 1.54) is 5.56 Å². The summed E-state index contributed by atoms with van der Waals surface area (Å²) in [5, 5.41) is 0. The van der Waals surface area contributed by atoms with Gasteiger partial charge in [-0.05, 0) is 25.5 Å². The van der Waals surface area contributed by atoms with Crippen LogP contribution in [-0.4, -0.2) is 20.9 Å². The molecule has 2 heterocycles. The van der Waals surface area contributed by atoms with Crippen LogP contribution < -0.4 is 16.2 Å². The number of fused-ring (bicyclic) bond motifs is 1. The molecule has 3 N–H and O–H groups in total. The second-order valence-corrected chi connectivity index (χ2v) is 4.78. The first-order valence-electron chi connectivity index (χ1n) is 6.88. The predicted molar refractivity (Wildman–Crippen MR) is 84.7 cm³/mol. The van der Waals surface area contributed by atoms with E-state index in [1.807, 2.05) is 28.9 Å². The van der Waals surface area contributed by atoms with Gasteiger partial charge in [-0.15, -0.1) is 0 Å². The Balaban J connectivity index is 2.21. The summed E-state index contributed by atoms with van der Waals surface area (Å²) in [5.41, 5.74) is 5.72.